The van der Waals surface area contributed by atoms with E-state index in [1.807, 2.05) is 33.0 Å². The van der Waals surface area contributed by atoms with Gasteiger partial charge in [0.15, 0.2) is 11.5 Å². The van der Waals surface area contributed by atoms with E-state index >= 15 is 0 Å². The van der Waals surface area contributed by atoms with E-state index in [4.69, 9.17) is 14.2 Å². The highest BCUT2D eigenvalue weighted by atomic mass is 16.5. The van der Waals surface area contributed by atoms with Crippen LogP contribution in [0.1, 0.15) is 36.7 Å². The molecule has 0 unspecified atom stereocenters. The van der Waals surface area contributed by atoms with Gasteiger partial charge in [-0.1, -0.05) is 6.07 Å². The summed E-state index contributed by atoms with van der Waals surface area (Å²) in [7, 11) is 5.21. The normalized spacial score (nSPS) is 12.1. The number of hydrogen-bond acceptors (Lipinski definition) is 5. The third-order valence-electron chi connectivity index (χ3n) is 4.05. The summed E-state index contributed by atoms with van der Waals surface area (Å²) in [6.07, 6.45) is 0. The second-order valence-electron chi connectivity index (χ2n) is 5.64. The fraction of sp³-hybridized carbons (Fsp3) is 0.500. The van der Waals surface area contributed by atoms with Gasteiger partial charge in [-0.05, 0) is 38.5 Å². The van der Waals surface area contributed by atoms with Gasteiger partial charge in [-0.15, -0.1) is 0 Å². The van der Waals surface area contributed by atoms with Crippen molar-refractivity contribution in [3.8, 4) is 17.4 Å². The minimum atomic E-state index is 0.152. The number of aryl methyl sites for hydroxylation is 2. The van der Waals surface area contributed by atoms with Gasteiger partial charge in [-0.2, -0.15) is 5.10 Å². The first kappa shape index (κ1) is 18.1. The van der Waals surface area contributed by atoms with E-state index in [-0.39, 0.29) is 6.04 Å². The molecule has 0 saturated carbocycles. The summed E-state index contributed by atoms with van der Waals surface area (Å²) in [5, 5.41) is 7.92. The van der Waals surface area contributed by atoms with Gasteiger partial charge in [0.25, 0.3) is 0 Å². The fourth-order valence-electron chi connectivity index (χ4n) is 2.74. The van der Waals surface area contributed by atoms with Gasteiger partial charge >= 0.3 is 0 Å². The summed E-state index contributed by atoms with van der Waals surface area (Å²) in [4.78, 5) is 0. The van der Waals surface area contributed by atoms with Crippen molar-refractivity contribution < 1.29 is 14.2 Å². The average molecular weight is 333 g/mol. The van der Waals surface area contributed by atoms with Crippen LogP contribution in [0.25, 0.3) is 0 Å². The molecule has 6 nitrogen and oxygen atoms in total. The molecule has 1 aromatic heterocycles. The van der Waals surface area contributed by atoms with Crippen LogP contribution in [0.5, 0.6) is 17.4 Å². The van der Waals surface area contributed by atoms with Crippen LogP contribution in [0, 0.1) is 6.92 Å². The molecule has 1 atom stereocenters. The Hall–Kier alpha value is -2.21. The van der Waals surface area contributed by atoms with Crippen LogP contribution < -0.4 is 19.5 Å². The maximum atomic E-state index is 5.57. The summed E-state index contributed by atoms with van der Waals surface area (Å²) >= 11 is 0. The topological polar surface area (TPSA) is 57.5 Å². The first-order valence-electron chi connectivity index (χ1n) is 8.12. The van der Waals surface area contributed by atoms with Crippen LogP contribution >= 0.6 is 0 Å². The quantitative estimate of drug-likeness (QED) is 0.805. The van der Waals surface area contributed by atoms with E-state index in [1.54, 1.807) is 18.9 Å². The Morgan fingerprint density at radius 3 is 2.58 bits per heavy atom. The van der Waals surface area contributed by atoms with Crippen molar-refractivity contribution >= 4 is 0 Å². The first-order chi connectivity index (χ1) is 11.5. The van der Waals surface area contributed by atoms with Crippen molar-refractivity contribution in [1.82, 2.24) is 15.1 Å². The molecule has 0 aliphatic carbocycles. The van der Waals surface area contributed by atoms with Crippen molar-refractivity contribution in [2.24, 2.45) is 7.05 Å². The van der Waals surface area contributed by atoms with Gasteiger partial charge in [-0.3, -0.25) is 0 Å². The number of rotatable bonds is 8. The zero-order valence-electron chi connectivity index (χ0n) is 15.3. The molecule has 0 fully saturated rings. The zero-order valence-corrected chi connectivity index (χ0v) is 15.3. The monoisotopic (exact) mass is 333 g/mol. The van der Waals surface area contributed by atoms with Gasteiger partial charge in [0.2, 0.25) is 5.88 Å². The fourth-order valence-corrected chi connectivity index (χ4v) is 2.74. The van der Waals surface area contributed by atoms with E-state index < -0.39 is 0 Å². The summed E-state index contributed by atoms with van der Waals surface area (Å²) in [5.41, 5.74) is 3.18. The average Bonchev–Trinajstić information content (AvgIpc) is 2.85. The molecule has 24 heavy (non-hydrogen) atoms. The van der Waals surface area contributed by atoms with Gasteiger partial charge < -0.3 is 19.5 Å². The molecule has 1 aromatic carbocycles. The lowest BCUT2D eigenvalue weighted by molar-refractivity contribution is 0.310. The molecule has 2 rings (SSSR count). The maximum Gasteiger partial charge on any atom is 0.216 e. The number of aromatic nitrogens is 2. The van der Waals surface area contributed by atoms with Gasteiger partial charge in [-0.25, -0.2) is 4.68 Å². The highest BCUT2D eigenvalue weighted by Gasteiger charge is 2.16. The highest BCUT2D eigenvalue weighted by Crippen LogP contribution is 2.30. The number of nitrogens with one attached hydrogen (secondary N) is 1. The summed E-state index contributed by atoms with van der Waals surface area (Å²) in [5.74, 6) is 2.30. The molecule has 0 amide bonds. The Bertz CT molecular complexity index is 682. The maximum absolute atomic E-state index is 5.57. The second-order valence-corrected chi connectivity index (χ2v) is 5.64. The second kappa shape index (κ2) is 8.06. The van der Waals surface area contributed by atoms with Crippen LogP contribution in [0.3, 0.4) is 0 Å². The third-order valence-corrected chi connectivity index (χ3v) is 4.05. The summed E-state index contributed by atoms with van der Waals surface area (Å²) in [6, 6.07) is 6.17. The van der Waals surface area contributed by atoms with Gasteiger partial charge in [0.1, 0.15) is 0 Å². The minimum Gasteiger partial charge on any atom is -0.493 e. The van der Waals surface area contributed by atoms with Crippen LogP contribution in [-0.4, -0.2) is 30.6 Å². The van der Waals surface area contributed by atoms with Crippen molar-refractivity contribution in [1.29, 1.82) is 0 Å². The van der Waals surface area contributed by atoms with Crippen molar-refractivity contribution in [2.45, 2.75) is 33.4 Å². The molecule has 0 saturated heterocycles. The van der Waals surface area contributed by atoms with Crippen LogP contribution in [0.4, 0.5) is 0 Å². The van der Waals surface area contributed by atoms with Gasteiger partial charge in [0, 0.05) is 19.6 Å². The van der Waals surface area contributed by atoms with Crippen LogP contribution in [0.15, 0.2) is 18.2 Å². The largest absolute Gasteiger partial charge is 0.493 e. The standard InChI is InChI=1S/C18H27N3O3/c1-7-24-16-9-8-14(10-17(16)22-5)12(2)19-11-15-13(3)20-21(4)18(15)23-6/h8-10,12,19H,7,11H2,1-6H3/t12-/m1/s1. The molecule has 0 radical (unpaired) electrons. The zero-order chi connectivity index (χ0) is 17.7. The van der Waals surface area contributed by atoms with Crippen molar-refractivity contribution in [3.05, 3.63) is 35.0 Å². The van der Waals surface area contributed by atoms with E-state index in [9.17, 15) is 0 Å². The molecule has 0 aliphatic heterocycles. The number of hydrogen-bond donors (Lipinski definition) is 1. The molecule has 0 spiro atoms. The molecule has 6 heteroatoms. The lowest BCUT2D eigenvalue weighted by Crippen LogP contribution is -2.19. The molecule has 2 aromatic rings. The van der Waals surface area contributed by atoms with E-state index in [0.717, 1.165) is 34.2 Å². The van der Waals surface area contributed by atoms with Crippen molar-refractivity contribution in [2.75, 3.05) is 20.8 Å². The van der Waals surface area contributed by atoms with Crippen molar-refractivity contribution in [3.63, 3.8) is 0 Å². The Kier molecular flexibility index (Phi) is 6.09. The lowest BCUT2D eigenvalue weighted by Gasteiger charge is -2.17. The molecule has 0 bridgehead atoms. The predicted molar refractivity (Wildman–Crippen MR) is 93.9 cm³/mol. The van der Waals surface area contributed by atoms with Gasteiger partial charge in [0.05, 0.1) is 32.1 Å². The molecular weight excluding hydrogens is 306 g/mol. The Balaban J connectivity index is 2.11. The Labute approximate surface area is 143 Å². The number of ether oxygens (including phenoxy) is 3. The molecule has 1 heterocycles. The lowest BCUT2D eigenvalue weighted by atomic mass is 10.1. The number of nitrogens with zero attached hydrogens (tertiary/aromatic N) is 2. The summed E-state index contributed by atoms with van der Waals surface area (Å²) in [6.45, 7) is 7.36. The Morgan fingerprint density at radius 2 is 1.96 bits per heavy atom. The third kappa shape index (κ3) is 3.82. The van der Waals surface area contributed by atoms with E-state index in [0.29, 0.717) is 13.2 Å². The first-order valence-corrected chi connectivity index (χ1v) is 8.12. The Morgan fingerprint density at radius 1 is 1.21 bits per heavy atom. The smallest absolute Gasteiger partial charge is 0.216 e. The molecule has 0 aliphatic rings. The molecular formula is C18H27N3O3. The highest BCUT2D eigenvalue weighted by molar-refractivity contribution is 5.43. The number of methoxy groups -OCH3 is 2. The molecule has 132 valence electrons. The predicted octanol–water partition coefficient (Wildman–Crippen LogP) is 3.00. The van der Waals surface area contributed by atoms with Crippen LogP contribution in [-0.2, 0) is 13.6 Å². The SMILES string of the molecule is CCOc1ccc([C@@H](C)NCc2c(C)nn(C)c2OC)cc1OC. The van der Waals surface area contributed by atoms with Crippen LogP contribution in [0.2, 0.25) is 0 Å². The molecule has 1 N–H and O–H groups in total. The summed E-state index contributed by atoms with van der Waals surface area (Å²) < 4.78 is 18.2. The minimum absolute atomic E-state index is 0.152. The van der Waals surface area contributed by atoms with E-state index in [2.05, 4.69) is 23.4 Å². The number of benzene rings is 1. The van der Waals surface area contributed by atoms with E-state index in [1.165, 1.54) is 0 Å².